The monoisotopic (exact) mass is 380 g/mol. The number of carbonyl (C=O) groups is 1. The molecular formula is C16H17BrN2O2S. The van der Waals surface area contributed by atoms with E-state index in [0.717, 1.165) is 27.8 Å². The van der Waals surface area contributed by atoms with Gasteiger partial charge in [-0.1, -0.05) is 30.3 Å². The molecular weight excluding hydrogens is 364 g/mol. The summed E-state index contributed by atoms with van der Waals surface area (Å²) in [4.78, 5) is 10.0. The fourth-order valence-electron chi connectivity index (χ4n) is 1.46. The lowest BCUT2D eigenvalue weighted by Crippen LogP contribution is -2.24. The Bertz CT molecular complexity index is 621. The van der Waals surface area contributed by atoms with Gasteiger partial charge in [0.2, 0.25) is 0 Å². The second-order valence-electron chi connectivity index (χ2n) is 4.08. The minimum Gasteiger partial charge on any atom is -0.495 e. The Morgan fingerprint density at radius 1 is 1.23 bits per heavy atom. The number of rotatable bonds is 3. The van der Waals surface area contributed by atoms with Crippen molar-refractivity contribution in [2.45, 2.75) is 0 Å². The molecule has 2 aromatic carbocycles. The molecule has 0 heterocycles. The van der Waals surface area contributed by atoms with Crippen LogP contribution in [0.3, 0.4) is 0 Å². The molecule has 4 nitrogen and oxygen atoms in total. The number of hydrogen-bond donors (Lipinski definition) is 2. The minimum atomic E-state index is 0.578. The minimum absolute atomic E-state index is 0.578. The predicted molar refractivity (Wildman–Crippen MR) is 97.8 cm³/mol. The van der Waals surface area contributed by atoms with Gasteiger partial charge in [0.05, 0.1) is 11.6 Å². The molecule has 0 radical (unpaired) electrons. The van der Waals surface area contributed by atoms with Crippen molar-refractivity contribution in [1.82, 2.24) is 5.32 Å². The van der Waals surface area contributed by atoms with Gasteiger partial charge in [0, 0.05) is 24.4 Å². The van der Waals surface area contributed by atoms with E-state index in [1.54, 1.807) is 26.3 Å². The summed E-state index contributed by atoms with van der Waals surface area (Å²) in [7, 11) is 3.39. The third-order valence-corrected chi connectivity index (χ3v) is 3.53. The number of methoxy groups -OCH3 is 1. The van der Waals surface area contributed by atoms with Gasteiger partial charge in [-0.2, -0.15) is 0 Å². The first kappa shape index (κ1) is 18.1. The maximum atomic E-state index is 10.0. The molecule has 116 valence electrons. The van der Waals surface area contributed by atoms with Crippen LogP contribution in [0.25, 0.3) is 0 Å². The van der Waals surface area contributed by atoms with Crippen LogP contribution < -0.4 is 15.4 Å². The van der Waals surface area contributed by atoms with Gasteiger partial charge >= 0.3 is 0 Å². The highest BCUT2D eigenvalue weighted by Gasteiger charge is 2.01. The average molecular weight is 381 g/mol. The SMILES string of the molecule is CNC(=S)Nc1ccc(Br)c(OC)c1.O=Cc1ccccc1. The molecule has 0 saturated heterocycles. The van der Waals surface area contributed by atoms with Crippen LogP contribution in [0, 0.1) is 0 Å². The third kappa shape index (κ3) is 6.24. The summed E-state index contributed by atoms with van der Waals surface area (Å²) in [5.41, 5.74) is 1.62. The van der Waals surface area contributed by atoms with E-state index in [1.165, 1.54) is 0 Å². The summed E-state index contributed by atoms with van der Waals surface area (Å²) in [5, 5.41) is 6.42. The zero-order chi connectivity index (χ0) is 16.4. The number of aldehydes is 1. The molecule has 0 fully saturated rings. The zero-order valence-electron chi connectivity index (χ0n) is 12.3. The smallest absolute Gasteiger partial charge is 0.170 e. The first-order valence-corrected chi connectivity index (χ1v) is 7.63. The zero-order valence-corrected chi connectivity index (χ0v) is 14.7. The largest absolute Gasteiger partial charge is 0.495 e. The highest BCUT2D eigenvalue weighted by molar-refractivity contribution is 9.10. The van der Waals surface area contributed by atoms with Gasteiger partial charge in [-0.25, -0.2) is 0 Å². The number of benzene rings is 2. The van der Waals surface area contributed by atoms with Gasteiger partial charge in [0.15, 0.2) is 5.11 Å². The van der Waals surface area contributed by atoms with Crippen LogP contribution in [0.4, 0.5) is 5.69 Å². The summed E-state index contributed by atoms with van der Waals surface area (Å²) in [6.45, 7) is 0. The Morgan fingerprint density at radius 2 is 1.91 bits per heavy atom. The van der Waals surface area contributed by atoms with Gasteiger partial charge in [0.1, 0.15) is 12.0 Å². The number of nitrogens with one attached hydrogen (secondary N) is 2. The van der Waals surface area contributed by atoms with Gasteiger partial charge < -0.3 is 15.4 Å². The van der Waals surface area contributed by atoms with Crippen molar-refractivity contribution < 1.29 is 9.53 Å². The maximum absolute atomic E-state index is 10.0. The second-order valence-corrected chi connectivity index (χ2v) is 5.34. The molecule has 0 atom stereocenters. The van der Waals surface area contributed by atoms with Crippen LogP contribution in [0.1, 0.15) is 10.4 Å². The first-order valence-electron chi connectivity index (χ1n) is 6.43. The molecule has 0 amide bonds. The van der Waals surface area contributed by atoms with E-state index in [4.69, 9.17) is 17.0 Å². The Labute approximate surface area is 144 Å². The number of anilines is 1. The van der Waals surface area contributed by atoms with E-state index in [-0.39, 0.29) is 0 Å². The van der Waals surface area contributed by atoms with Crippen LogP contribution in [0.2, 0.25) is 0 Å². The van der Waals surface area contributed by atoms with Gasteiger partial charge in [-0.15, -0.1) is 0 Å². The molecule has 0 spiro atoms. The van der Waals surface area contributed by atoms with Gasteiger partial charge in [0.25, 0.3) is 0 Å². The normalized spacial score (nSPS) is 9.05. The van der Waals surface area contributed by atoms with E-state index in [1.807, 2.05) is 36.4 Å². The summed E-state index contributed by atoms with van der Waals surface area (Å²) >= 11 is 8.35. The van der Waals surface area contributed by atoms with Gasteiger partial charge in [-0.05, 0) is 40.3 Å². The lowest BCUT2D eigenvalue weighted by molar-refractivity contribution is 0.112. The summed E-state index contributed by atoms with van der Waals surface area (Å²) in [6.07, 6.45) is 0.833. The molecule has 6 heteroatoms. The van der Waals surface area contributed by atoms with E-state index >= 15 is 0 Å². The number of carbonyl (C=O) groups excluding carboxylic acids is 1. The molecule has 0 aliphatic heterocycles. The van der Waals surface area contributed by atoms with E-state index in [9.17, 15) is 4.79 Å². The van der Waals surface area contributed by atoms with Crippen molar-refractivity contribution in [2.24, 2.45) is 0 Å². The molecule has 2 rings (SSSR count). The quantitative estimate of drug-likeness (QED) is 0.625. The van der Waals surface area contributed by atoms with E-state index < -0.39 is 0 Å². The Hall–Kier alpha value is -1.92. The number of thiocarbonyl (C=S) groups is 1. The first-order chi connectivity index (χ1) is 10.6. The Balaban J connectivity index is 0.000000255. The van der Waals surface area contributed by atoms with Crippen LogP contribution in [-0.4, -0.2) is 25.6 Å². The van der Waals surface area contributed by atoms with Crippen LogP contribution in [0.15, 0.2) is 53.0 Å². The van der Waals surface area contributed by atoms with Crippen molar-refractivity contribution in [1.29, 1.82) is 0 Å². The summed E-state index contributed by atoms with van der Waals surface area (Å²) in [5.74, 6) is 0.772. The molecule has 0 aliphatic rings. The fourth-order valence-corrected chi connectivity index (χ4v) is 1.99. The summed E-state index contributed by atoms with van der Waals surface area (Å²) < 4.78 is 6.07. The lowest BCUT2D eigenvalue weighted by Gasteiger charge is -2.09. The predicted octanol–water partition coefficient (Wildman–Crippen LogP) is 3.87. The lowest BCUT2D eigenvalue weighted by atomic mass is 10.2. The maximum Gasteiger partial charge on any atom is 0.170 e. The number of halogens is 1. The topological polar surface area (TPSA) is 50.4 Å². The molecule has 0 aromatic heterocycles. The van der Waals surface area contributed by atoms with Crippen molar-refractivity contribution >= 4 is 45.2 Å². The van der Waals surface area contributed by atoms with Crippen molar-refractivity contribution in [2.75, 3.05) is 19.5 Å². The molecule has 0 unspecified atom stereocenters. The molecule has 0 saturated carbocycles. The highest BCUT2D eigenvalue weighted by Crippen LogP contribution is 2.27. The average Bonchev–Trinajstić information content (AvgIpc) is 2.57. The molecule has 0 aliphatic carbocycles. The highest BCUT2D eigenvalue weighted by atomic mass is 79.9. The Morgan fingerprint density at radius 3 is 2.41 bits per heavy atom. The summed E-state index contributed by atoms with van der Waals surface area (Å²) in [6, 6.07) is 14.8. The number of hydrogen-bond acceptors (Lipinski definition) is 3. The van der Waals surface area contributed by atoms with Crippen LogP contribution >= 0.6 is 28.1 Å². The standard InChI is InChI=1S/C9H11BrN2OS.C7H6O/c1-11-9(14)12-6-3-4-7(10)8(5-6)13-2;8-6-7-4-2-1-3-5-7/h3-5H,1-2H3,(H2,11,12,14);1-6H. The van der Waals surface area contributed by atoms with Crippen LogP contribution in [0.5, 0.6) is 5.75 Å². The molecule has 2 aromatic rings. The number of ether oxygens (including phenoxy) is 1. The Kier molecular flexibility index (Phi) is 8.17. The van der Waals surface area contributed by atoms with Crippen molar-refractivity contribution in [3.63, 3.8) is 0 Å². The van der Waals surface area contributed by atoms with E-state index in [2.05, 4.69) is 26.6 Å². The third-order valence-electron chi connectivity index (χ3n) is 2.57. The van der Waals surface area contributed by atoms with Crippen LogP contribution in [-0.2, 0) is 0 Å². The van der Waals surface area contributed by atoms with Gasteiger partial charge in [-0.3, -0.25) is 4.79 Å². The second kappa shape index (κ2) is 9.92. The molecule has 0 bridgehead atoms. The molecule has 2 N–H and O–H groups in total. The fraction of sp³-hybridized carbons (Fsp3) is 0.125. The van der Waals surface area contributed by atoms with E-state index in [0.29, 0.717) is 5.11 Å². The van der Waals surface area contributed by atoms with Crippen molar-refractivity contribution in [3.8, 4) is 5.75 Å². The van der Waals surface area contributed by atoms with Crippen molar-refractivity contribution in [3.05, 3.63) is 58.6 Å². The molecule has 22 heavy (non-hydrogen) atoms.